The Morgan fingerprint density at radius 2 is 2.04 bits per heavy atom. The first-order valence-corrected chi connectivity index (χ1v) is 8.90. The summed E-state index contributed by atoms with van der Waals surface area (Å²) in [4.78, 5) is 19.3. The van der Waals surface area contributed by atoms with Gasteiger partial charge < -0.3 is 10.4 Å². The van der Waals surface area contributed by atoms with Crippen molar-refractivity contribution in [2.75, 3.05) is 11.9 Å². The van der Waals surface area contributed by atoms with Gasteiger partial charge in [0.25, 0.3) is 5.69 Å². The molecule has 0 spiro atoms. The van der Waals surface area contributed by atoms with Gasteiger partial charge in [0.05, 0.1) is 11.0 Å². The van der Waals surface area contributed by atoms with Crippen LogP contribution in [0.25, 0.3) is 11.4 Å². The lowest BCUT2D eigenvalue weighted by atomic mass is 9.73. The van der Waals surface area contributed by atoms with Crippen LogP contribution in [0.15, 0.2) is 30.3 Å². The van der Waals surface area contributed by atoms with Crippen molar-refractivity contribution in [3.8, 4) is 11.4 Å². The number of aryl methyl sites for hydroxylation is 1. The molecule has 3 rings (SSSR count). The fourth-order valence-electron chi connectivity index (χ4n) is 3.40. The normalized spacial score (nSPS) is 22.8. The molecule has 0 aliphatic heterocycles. The summed E-state index contributed by atoms with van der Waals surface area (Å²) in [5.74, 6) is 1.22. The number of nitrogens with zero attached hydrogens (tertiary/aromatic N) is 3. The van der Waals surface area contributed by atoms with E-state index in [1.807, 2.05) is 13.0 Å². The molecule has 2 aromatic rings. The van der Waals surface area contributed by atoms with Crippen LogP contribution in [0, 0.1) is 22.5 Å². The summed E-state index contributed by atoms with van der Waals surface area (Å²) >= 11 is 0. The first-order valence-electron chi connectivity index (χ1n) is 8.90. The van der Waals surface area contributed by atoms with Gasteiger partial charge in [0.1, 0.15) is 5.82 Å². The summed E-state index contributed by atoms with van der Waals surface area (Å²) in [6, 6.07) is 8.08. The number of rotatable bonds is 5. The molecule has 1 aliphatic rings. The molecule has 0 bridgehead atoms. The lowest BCUT2D eigenvalue weighted by Crippen LogP contribution is -2.41. The van der Waals surface area contributed by atoms with Gasteiger partial charge in [0, 0.05) is 41.4 Å². The molecular formula is C19H24N4O3. The summed E-state index contributed by atoms with van der Waals surface area (Å²) in [6.45, 7) is 4.64. The highest BCUT2D eigenvalue weighted by molar-refractivity contribution is 5.59. The third-order valence-electron chi connectivity index (χ3n) is 5.14. The quantitative estimate of drug-likeness (QED) is 0.625. The van der Waals surface area contributed by atoms with E-state index in [1.165, 1.54) is 12.1 Å². The SMILES string of the molecule is Cc1cc(NCC2(C)CCCCC2O)nc(-c2ccc([N+](=O)[O-])cc2)n1. The summed E-state index contributed by atoms with van der Waals surface area (Å²) in [5.41, 5.74) is 1.42. The molecule has 0 saturated heterocycles. The monoisotopic (exact) mass is 356 g/mol. The summed E-state index contributed by atoms with van der Waals surface area (Å²) < 4.78 is 0. The molecule has 2 unspecified atom stereocenters. The van der Waals surface area contributed by atoms with Crippen LogP contribution in [0.1, 0.15) is 38.3 Å². The molecule has 0 radical (unpaired) electrons. The van der Waals surface area contributed by atoms with E-state index in [-0.39, 0.29) is 17.2 Å². The molecule has 0 amide bonds. The second-order valence-corrected chi connectivity index (χ2v) is 7.29. The third kappa shape index (κ3) is 3.99. The van der Waals surface area contributed by atoms with E-state index in [4.69, 9.17) is 0 Å². The minimum atomic E-state index is -0.427. The number of hydrogen-bond acceptors (Lipinski definition) is 6. The Hall–Kier alpha value is -2.54. The second kappa shape index (κ2) is 7.37. The number of nitrogens with one attached hydrogen (secondary N) is 1. The summed E-state index contributed by atoms with van der Waals surface area (Å²) in [7, 11) is 0. The molecule has 1 heterocycles. The van der Waals surface area contributed by atoms with Crippen molar-refractivity contribution >= 4 is 11.5 Å². The number of benzene rings is 1. The lowest BCUT2D eigenvalue weighted by molar-refractivity contribution is -0.384. The number of aliphatic hydroxyl groups excluding tert-OH is 1. The zero-order valence-electron chi connectivity index (χ0n) is 15.1. The molecule has 1 fully saturated rings. The van der Waals surface area contributed by atoms with Crippen molar-refractivity contribution in [1.29, 1.82) is 0 Å². The Morgan fingerprint density at radius 3 is 2.69 bits per heavy atom. The molecule has 7 heteroatoms. The first-order chi connectivity index (χ1) is 12.4. The van der Waals surface area contributed by atoms with Crippen LogP contribution in [-0.2, 0) is 0 Å². The molecule has 1 saturated carbocycles. The lowest BCUT2D eigenvalue weighted by Gasteiger charge is -2.38. The molecule has 2 atom stereocenters. The molecule has 2 N–H and O–H groups in total. The van der Waals surface area contributed by atoms with Gasteiger partial charge in [-0.25, -0.2) is 9.97 Å². The Morgan fingerprint density at radius 1 is 1.31 bits per heavy atom. The van der Waals surface area contributed by atoms with Gasteiger partial charge in [-0.15, -0.1) is 0 Å². The van der Waals surface area contributed by atoms with Crippen LogP contribution in [0.5, 0.6) is 0 Å². The maximum atomic E-state index is 10.8. The van der Waals surface area contributed by atoms with Gasteiger partial charge >= 0.3 is 0 Å². The van der Waals surface area contributed by atoms with Crippen LogP contribution in [0.3, 0.4) is 0 Å². The van der Waals surface area contributed by atoms with E-state index < -0.39 is 4.92 Å². The van der Waals surface area contributed by atoms with E-state index in [1.54, 1.807) is 12.1 Å². The van der Waals surface area contributed by atoms with Gasteiger partial charge in [0.15, 0.2) is 5.82 Å². The highest BCUT2D eigenvalue weighted by atomic mass is 16.6. The van der Waals surface area contributed by atoms with E-state index in [2.05, 4.69) is 22.2 Å². The van der Waals surface area contributed by atoms with Gasteiger partial charge in [-0.2, -0.15) is 0 Å². The van der Waals surface area contributed by atoms with Gasteiger partial charge in [-0.1, -0.05) is 19.8 Å². The molecule has 26 heavy (non-hydrogen) atoms. The van der Waals surface area contributed by atoms with E-state index in [9.17, 15) is 15.2 Å². The highest BCUT2D eigenvalue weighted by Gasteiger charge is 2.35. The number of aliphatic hydroxyl groups is 1. The largest absolute Gasteiger partial charge is 0.392 e. The maximum absolute atomic E-state index is 10.8. The van der Waals surface area contributed by atoms with Crippen LogP contribution >= 0.6 is 0 Å². The Labute approximate surface area is 152 Å². The minimum Gasteiger partial charge on any atom is -0.392 e. The Balaban J connectivity index is 1.78. The predicted molar refractivity (Wildman–Crippen MR) is 99.9 cm³/mol. The number of non-ortho nitro benzene ring substituents is 1. The molecule has 1 aliphatic carbocycles. The topological polar surface area (TPSA) is 101 Å². The average molecular weight is 356 g/mol. The van der Waals surface area contributed by atoms with E-state index >= 15 is 0 Å². The fraction of sp³-hybridized carbons (Fsp3) is 0.474. The molecule has 1 aromatic carbocycles. The Bertz CT molecular complexity index is 794. The van der Waals surface area contributed by atoms with Crippen LogP contribution < -0.4 is 5.32 Å². The van der Waals surface area contributed by atoms with Crippen molar-refractivity contribution in [2.45, 2.75) is 45.6 Å². The molecule has 138 valence electrons. The summed E-state index contributed by atoms with van der Waals surface area (Å²) in [5, 5.41) is 24.5. The fourth-order valence-corrected chi connectivity index (χ4v) is 3.40. The number of nitro benzene ring substituents is 1. The van der Waals surface area contributed by atoms with Gasteiger partial charge in [-0.3, -0.25) is 10.1 Å². The predicted octanol–water partition coefficient (Wildman–Crippen LogP) is 3.71. The minimum absolute atomic E-state index is 0.0407. The van der Waals surface area contributed by atoms with Gasteiger partial charge in [-0.05, 0) is 31.9 Å². The Kier molecular flexibility index (Phi) is 5.18. The number of aromatic nitrogens is 2. The molecule has 7 nitrogen and oxygen atoms in total. The smallest absolute Gasteiger partial charge is 0.269 e. The zero-order chi connectivity index (χ0) is 18.7. The molecule has 1 aromatic heterocycles. The second-order valence-electron chi connectivity index (χ2n) is 7.29. The first kappa shape index (κ1) is 18.3. The standard InChI is InChI=1S/C19H24N4O3/c1-13-11-17(20-12-19(2)10-4-3-5-16(19)24)22-18(21-13)14-6-8-15(9-7-14)23(25)26/h6-9,11,16,24H,3-5,10,12H2,1-2H3,(H,20,21,22). The van der Waals surface area contributed by atoms with Crippen LogP contribution in [0.2, 0.25) is 0 Å². The van der Waals surface area contributed by atoms with Crippen molar-refractivity contribution in [3.05, 3.63) is 46.1 Å². The van der Waals surface area contributed by atoms with Crippen molar-refractivity contribution in [1.82, 2.24) is 9.97 Å². The van der Waals surface area contributed by atoms with Crippen LogP contribution in [0.4, 0.5) is 11.5 Å². The zero-order valence-corrected chi connectivity index (χ0v) is 15.1. The van der Waals surface area contributed by atoms with Crippen LogP contribution in [-0.4, -0.2) is 32.6 Å². The van der Waals surface area contributed by atoms with E-state index in [0.717, 1.165) is 36.9 Å². The van der Waals surface area contributed by atoms with Crippen molar-refractivity contribution in [2.24, 2.45) is 5.41 Å². The van der Waals surface area contributed by atoms with Gasteiger partial charge in [0.2, 0.25) is 0 Å². The number of anilines is 1. The number of nitro groups is 1. The third-order valence-corrected chi connectivity index (χ3v) is 5.14. The molecular weight excluding hydrogens is 332 g/mol. The van der Waals surface area contributed by atoms with E-state index in [0.29, 0.717) is 18.2 Å². The van der Waals surface area contributed by atoms with Crippen molar-refractivity contribution in [3.63, 3.8) is 0 Å². The maximum Gasteiger partial charge on any atom is 0.269 e. The van der Waals surface area contributed by atoms with Crippen molar-refractivity contribution < 1.29 is 10.0 Å². The number of hydrogen-bond donors (Lipinski definition) is 2. The summed E-state index contributed by atoms with van der Waals surface area (Å²) in [6.07, 6.45) is 3.73. The highest BCUT2D eigenvalue weighted by Crippen LogP contribution is 2.36. The average Bonchev–Trinajstić information content (AvgIpc) is 2.62.